The minimum atomic E-state index is 0.651. The summed E-state index contributed by atoms with van der Waals surface area (Å²) in [6.07, 6.45) is 7.34. The molecule has 17 heavy (non-hydrogen) atoms. The van der Waals surface area contributed by atoms with Crippen LogP contribution in [0.2, 0.25) is 0 Å². The molecule has 1 heterocycles. The molecule has 0 aromatic carbocycles. The normalized spacial score (nSPS) is 19.4. The van der Waals surface area contributed by atoms with Crippen LogP contribution in [0, 0.1) is 11.8 Å². The predicted molar refractivity (Wildman–Crippen MR) is 68.3 cm³/mol. The van der Waals surface area contributed by atoms with E-state index in [2.05, 4.69) is 16.4 Å². The van der Waals surface area contributed by atoms with Crippen molar-refractivity contribution >= 4 is 5.69 Å². The van der Waals surface area contributed by atoms with E-state index in [1.165, 1.54) is 25.7 Å². The van der Waals surface area contributed by atoms with Gasteiger partial charge in [-0.15, -0.1) is 0 Å². The fourth-order valence-corrected chi connectivity index (χ4v) is 2.46. The van der Waals surface area contributed by atoms with Gasteiger partial charge in [-0.2, -0.15) is 0 Å². The second-order valence-electron chi connectivity index (χ2n) is 5.13. The second-order valence-corrected chi connectivity index (χ2v) is 5.13. The van der Waals surface area contributed by atoms with Crippen molar-refractivity contribution in [2.24, 2.45) is 11.8 Å². The first-order valence-electron chi connectivity index (χ1n) is 6.73. The first-order valence-corrected chi connectivity index (χ1v) is 6.73. The predicted octanol–water partition coefficient (Wildman–Crippen LogP) is 3.08. The molecule has 0 saturated heterocycles. The molecule has 0 amide bonds. The molecule has 2 saturated carbocycles. The lowest BCUT2D eigenvalue weighted by atomic mass is 10.1. The Morgan fingerprint density at radius 3 is 2.65 bits per heavy atom. The molecule has 0 bridgehead atoms. The largest absolute Gasteiger partial charge is 0.476 e. The highest BCUT2D eigenvalue weighted by atomic mass is 16.5. The molecule has 3 heteroatoms. The van der Waals surface area contributed by atoms with Gasteiger partial charge in [-0.3, -0.25) is 0 Å². The summed E-state index contributed by atoms with van der Waals surface area (Å²) >= 11 is 0. The average molecular weight is 232 g/mol. The molecule has 0 spiro atoms. The number of hydrogen-bond donors (Lipinski definition) is 1. The van der Waals surface area contributed by atoms with Crippen LogP contribution < -0.4 is 10.1 Å². The first kappa shape index (κ1) is 10.9. The quantitative estimate of drug-likeness (QED) is 0.818. The van der Waals surface area contributed by atoms with Crippen molar-refractivity contribution in [2.75, 3.05) is 11.9 Å². The number of rotatable bonds is 6. The molecule has 3 rings (SSSR count). The summed E-state index contributed by atoms with van der Waals surface area (Å²) in [7, 11) is 0. The zero-order valence-corrected chi connectivity index (χ0v) is 10.4. The highest BCUT2D eigenvalue weighted by molar-refractivity contribution is 5.53. The smallest absolute Gasteiger partial charge is 0.237 e. The highest BCUT2D eigenvalue weighted by Gasteiger charge is 2.41. The number of pyridine rings is 1. The lowest BCUT2D eigenvalue weighted by molar-refractivity contribution is 0.328. The van der Waals surface area contributed by atoms with Gasteiger partial charge in [0.05, 0.1) is 12.3 Å². The molecule has 1 aromatic rings. The Balaban J connectivity index is 1.73. The van der Waals surface area contributed by atoms with E-state index in [-0.39, 0.29) is 0 Å². The van der Waals surface area contributed by atoms with Crippen molar-refractivity contribution in [3.63, 3.8) is 0 Å². The van der Waals surface area contributed by atoms with Crippen LogP contribution in [0.1, 0.15) is 32.6 Å². The molecule has 0 atom stereocenters. The van der Waals surface area contributed by atoms with Gasteiger partial charge in [0.15, 0.2) is 0 Å². The fraction of sp³-hybridized carbons (Fsp3) is 0.643. The lowest BCUT2D eigenvalue weighted by Gasteiger charge is -2.20. The van der Waals surface area contributed by atoms with E-state index >= 15 is 0 Å². The maximum Gasteiger partial charge on any atom is 0.237 e. The van der Waals surface area contributed by atoms with Crippen molar-refractivity contribution < 1.29 is 4.74 Å². The number of nitrogens with zero attached hydrogens (tertiary/aromatic N) is 1. The summed E-state index contributed by atoms with van der Waals surface area (Å²) in [5.74, 6) is 2.52. The van der Waals surface area contributed by atoms with Crippen molar-refractivity contribution in [3.8, 4) is 5.88 Å². The molecule has 2 fully saturated rings. The van der Waals surface area contributed by atoms with Crippen LogP contribution in [0.4, 0.5) is 5.69 Å². The third-order valence-electron chi connectivity index (χ3n) is 3.63. The Kier molecular flexibility index (Phi) is 2.91. The highest BCUT2D eigenvalue weighted by Crippen LogP contribution is 2.46. The average Bonchev–Trinajstić information content (AvgIpc) is 3.21. The van der Waals surface area contributed by atoms with Gasteiger partial charge in [-0.1, -0.05) is 0 Å². The molecule has 2 aliphatic carbocycles. The molecule has 1 aromatic heterocycles. The topological polar surface area (TPSA) is 34.1 Å². The van der Waals surface area contributed by atoms with Gasteiger partial charge in [0.25, 0.3) is 0 Å². The summed E-state index contributed by atoms with van der Waals surface area (Å²) in [5.41, 5.74) is 1.07. The van der Waals surface area contributed by atoms with Crippen LogP contribution >= 0.6 is 0 Å². The number of ether oxygens (including phenoxy) is 1. The van der Waals surface area contributed by atoms with Crippen LogP contribution in [-0.2, 0) is 0 Å². The molecule has 2 aliphatic rings. The number of aromatic nitrogens is 1. The molecule has 3 nitrogen and oxygen atoms in total. The third-order valence-corrected chi connectivity index (χ3v) is 3.63. The van der Waals surface area contributed by atoms with Crippen LogP contribution in [-0.4, -0.2) is 17.6 Å². The molecule has 0 unspecified atom stereocenters. The second kappa shape index (κ2) is 4.55. The van der Waals surface area contributed by atoms with E-state index in [0.29, 0.717) is 12.6 Å². The third kappa shape index (κ3) is 2.54. The van der Waals surface area contributed by atoms with Crippen molar-refractivity contribution in [2.45, 2.75) is 38.6 Å². The Bertz CT molecular complexity index is 374. The van der Waals surface area contributed by atoms with Crippen LogP contribution in [0.25, 0.3) is 0 Å². The van der Waals surface area contributed by atoms with Gasteiger partial charge in [0, 0.05) is 12.2 Å². The van der Waals surface area contributed by atoms with Gasteiger partial charge in [0.2, 0.25) is 5.88 Å². The van der Waals surface area contributed by atoms with Crippen LogP contribution in [0.3, 0.4) is 0 Å². The van der Waals surface area contributed by atoms with E-state index in [0.717, 1.165) is 23.4 Å². The van der Waals surface area contributed by atoms with Crippen LogP contribution in [0.5, 0.6) is 5.88 Å². The summed E-state index contributed by atoms with van der Waals surface area (Å²) < 4.78 is 5.56. The zero-order chi connectivity index (χ0) is 11.7. The van der Waals surface area contributed by atoms with E-state index < -0.39 is 0 Å². The van der Waals surface area contributed by atoms with Gasteiger partial charge in [-0.25, -0.2) is 4.98 Å². The van der Waals surface area contributed by atoms with Gasteiger partial charge >= 0.3 is 0 Å². The van der Waals surface area contributed by atoms with E-state index in [1.807, 2.05) is 13.0 Å². The van der Waals surface area contributed by atoms with Crippen molar-refractivity contribution in [1.29, 1.82) is 0 Å². The Morgan fingerprint density at radius 2 is 2.06 bits per heavy atom. The van der Waals surface area contributed by atoms with Gasteiger partial charge in [0.1, 0.15) is 0 Å². The number of nitrogens with one attached hydrogen (secondary N) is 1. The molecule has 1 N–H and O–H groups in total. The SMILES string of the molecule is CCOc1ncccc1NC(C1CC1)C1CC1. The summed E-state index contributed by atoms with van der Waals surface area (Å²) in [5, 5.41) is 3.67. The molecular weight excluding hydrogens is 212 g/mol. The summed E-state index contributed by atoms with van der Waals surface area (Å²) in [4.78, 5) is 4.30. The Labute approximate surface area is 103 Å². The van der Waals surface area contributed by atoms with Gasteiger partial charge < -0.3 is 10.1 Å². The summed E-state index contributed by atoms with van der Waals surface area (Å²) in [6.45, 7) is 2.67. The molecule has 0 radical (unpaired) electrons. The van der Waals surface area contributed by atoms with E-state index in [9.17, 15) is 0 Å². The maximum absolute atomic E-state index is 5.56. The van der Waals surface area contributed by atoms with E-state index in [4.69, 9.17) is 4.74 Å². The standard InChI is InChI=1S/C14H20N2O/c1-2-17-14-12(4-3-9-15-14)16-13(10-5-6-10)11-7-8-11/h3-4,9-11,13,16H,2,5-8H2,1H3. The first-order chi connectivity index (χ1) is 8.38. The van der Waals surface area contributed by atoms with Crippen LogP contribution in [0.15, 0.2) is 18.3 Å². The van der Waals surface area contributed by atoms with E-state index in [1.54, 1.807) is 6.20 Å². The van der Waals surface area contributed by atoms with Crippen molar-refractivity contribution in [1.82, 2.24) is 4.98 Å². The zero-order valence-electron chi connectivity index (χ0n) is 10.4. The minimum absolute atomic E-state index is 0.651. The molecule has 0 aliphatic heterocycles. The van der Waals surface area contributed by atoms with Crippen molar-refractivity contribution in [3.05, 3.63) is 18.3 Å². The fourth-order valence-electron chi connectivity index (χ4n) is 2.46. The number of anilines is 1. The summed E-state index contributed by atoms with van der Waals surface area (Å²) in [6, 6.07) is 4.70. The maximum atomic E-state index is 5.56. The van der Waals surface area contributed by atoms with Gasteiger partial charge in [-0.05, 0) is 56.6 Å². The lowest BCUT2D eigenvalue weighted by Crippen LogP contribution is -2.24. The number of hydrogen-bond acceptors (Lipinski definition) is 3. The molecular formula is C14H20N2O. The monoisotopic (exact) mass is 232 g/mol. The minimum Gasteiger partial charge on any atom is -0.476 e. The Hall–Kier alpha value is -1.25. The molecule has 92 valence electrons. The Morgan fingerprint density at radius 1 is 1.35 bits per heavy atom.